The lowest BCUT2D eigenvalue weighted by Crippen LogP contribution is -2.39. The van der Waals surface area contributed by atoms with Crippen LogP contribution in [0.15, 0.2) is 67.0 Å². The Hall–Kier alpha value is -3.68. The van der Waals surface area contributed by atoms with Crippen LogP contribution in [0.5, 0.6) is 0 Å². The Labute approximate surface area is 164 Å². The van der Waals surface area contributed by atoms with Crippen molar-refractivity contribution in [2.45, 2.75) is 18.8 Å². The van der Waals surface area contributed by atoms with Crippen LogP contribution in [0.1, 0.15) is 35.0 Å². The zero-order valence-corrected chi connectivity index (χ0v) is 15.4. The maximum atomic E-state index is 12.9. The van der Waals surface area contributed by atoms with Crippen molar-refractivity contribution >= 4 is 16.9 Å². The Kier molecular flexibility index (Phi) is 4.23. The Bertz CT molecular complexity index is 1220. The van der Waals surface area contributed by atoms with Crippen LogP contribution in [-0.4, -0.2) is 34.1 Å². The zero-order chi connectivity index (χ0) is 19.8. The number of hydrogen-bond donors (Lipinski definition) is 0. The predicted molar refractivity (Wildman–Crippen MR) is 102 cm³/mol. The number of furan rings is 1. The Morgan fingerprint density at radius 2 is 1.90 bits per heavy atom. The average Bonchev–Trinajstić information content (AvgIpc) is 3.45. The lowest BCUT2D eigenvalue weighted by Gasteiger charge is -2.30. The Balaban J connectivity index is 1.30. The third-order valence-electron chi connectivity index (χ3n) is 5.21. The molecule has 0 bridgehead atoms. The summed E-state index contributed by atoms with van der Waals surface area (Å²) in [5.41, 5.74) is 0.650. The minimum atomic E-state index is -0.613. The van der Waals surface area contributed by atoms with E-state index in [2.05, 4.69) is 10.2 Å². The molecule has 0 unspecified atom stereocenters. The molecule has 1 amide bonds. The van der Waals surface area contributed by atoms with Gasteiger partial charge in [0.05, 0.1) is 11.8 Å². The monoisotopic (exact) mass is 391 g/mol. The van der Waals surface area contributed by atoms with E-state index in [4.69, 9.17) is 13.3 Å². The van der Waals surface area contributed by atoms with Gasteiger partial charge in [-0.25, -0.2) is 4.79 Å². The SMILES string of the molecule is O=C(c1cc2ccccc2oc1=O)N1CCC(c2nnc(-c3ccoc3)o2)CC1. The Morgan fingerprint density at radius 3 is 2.69 bits per heavy atom. The number of piperidine rings is 1. The number of carbonyl (C=O) groups is 1. The number of benzene rings is 1. The van der Waals surface area contributed by atoms with Crippen LogP contribution in [0.2, 0.25) is 0 Å². The molecule has 1 fully saturated rings. The van der Waals surface area contributed by atoms with Crippen molar-refractivity contribution in [2.75, 3.05) is 13.1 Å². The lowest BCUT2D eigenvalue weighted by molar-refractivity contribution is 0.0702. The molecule has 0 N–H and O–H groups in total. The molecule has 0 aliphatic carbocycles. The van der Waals surface area contributed by atoms with Crippen LogP contribution in [0, 0.1) is 0 Å². The molecule has 4 heterocycles. The number of nitrogens with zero attached hydrogens (tertiary/aromatic N) is 3. The van der Waals surface area contributed by atoms with E-state index >= 15 is 0 Å². The highest BCUT2D eigenvalue weighted by molar-refractivity contribution is 5.96. The molecule has 0 saturated carbocycles. The van der Waals surface area contributed by atoms with Crippen molar-refractivity contribution in [1.82, 2.24) is 15.1 Å². The fourth-order valence-corrected chi connectivity index (χ4v) is 3.61. The van der Waals surface area contributed by atoms with E-state index in [-0.39, 0.29) is 17.4 Å². The fraction of sp³-hybridized carbons (Fsp3) is 0.238. The molecule has 3 aromatic heterocycles. The van der Waals surface area contributed by atoms with Crippen molar-refractivity contribution in [3.8, 4) is 11.5 Å². The summed E-state index contributed by atoms with van der Waals surface area (Å²) in [6, 6.07) is 10.5. The number of aromatic nitrogens is 2. The number of rotatable bonds is 3. The molecular formula is C21H17N3O5. The van der Waals surface area contributed by atoms with Crippen molar-refractivity contribution in [3.63, 3.8) is 0 Å². The molecule has 1 aromatic carbocycles. The average molecular weight is 391 g/mol. The van der Waals surface area contributed by atoms with E-state index in [1.54, 1.807) is 41.7 Å². The van der Waals surface area contributed by atoms with Crippen LogP contribution in [0.25, 0.3) is 22.4 Å². The molecule has 0 radical (unpaired) electrons. The number of hydrogen-bond acceptors (Lipinski definition) is 7. The van der Waals surface area contributed by atoms with Gasteiger partial charge in [0.1, 0.15) is 17.4 Å². The summed E-state index contributed by atoms with van der Waals surface area (Å²) in [4.78, 5) is 26.8. The van der Waals surface area contributed by atoms with Gasteiger partial charge >= 0.3 is 5.63 Å². The minimum Gasteiger partial charge on any atom is -0.472 e. The van der Waals surface area contributed by atoms with E-state index in [1.165, 1.54) is 0 Å². The molecule has 146 valence electrons. The molecule has 0 spiro atoms. The van der Waals surface area contributed by atoms with Gasteiger partial charge < -0.3 is 18.2 Å². The number of amides is 1. The summed E-state index contributed by atoms with van der Waals surface area (Å²) < 4.78 is 16.1. The molecule has 1 aliphatic heterocycles. The van der Waals surface area contributed by atoms with Gasteiger partial charge in [0, 0.05) is 24.4 Å². The first-order valence-electron chi connectivity index (χ1n) is 9.37. The third kappa shape index (κ3) is 3.22. The van der Waals surface area contributed by atoms with E-state index in [0.29, 0.717) is 43.3 Å². The molecular weight excluding hydrogens is 374 g/mol. The molecule has 4 aromatic rings. The summed E-state index contributed by atoms with van der Waals surface area (Å²) >= 11 is 0. The zero-order valence-electron chi connectivity index (χ0n) is 15.4. The standard InChI is InChI=1S/C21H17N3O5/c25-20(16-11-14-3-1-2-4-17(14)28-21(16)26)24-8-5-13(6-9-24)18-22-23-19(29-18)15-7-10-27-12-15/h1-4,7,10-13H,5-6,8-9H2. The maximum absolute atomic E-state index is 12.9. The smallest absolute Gasteiger partial charge is 0.349 e. The highest BCUT2D eigenvalue weighted by Gasteiger charge is 2.29. The molecule has 8 heteroatoms. The highest BCUT2D eigenvalue weighted by atomic mass is 16.4. The van der Waals surface area contributed by atoms with Crippen LogP contribution < -0.4 is 5.63 Å². The topological polar surface area (TPSA) is 103 Å². The van der Waals surface area contributed by atoms with Gasteiger partial charge in [0.2, 0.25) is 5.89 Å². The van der Waals surface area contributed by atoms with Crippen LogP contribution in [-0.2, 0) is 0 Å². The van der Waals surface area contributed by atoms with E-state index < -0.39 is 5.63 Å². The predicted octanol–water partition coefficient (Wildman–Crippen LogP) is 3.46. The molecule has 1 saturated heterocycles. The van der Waals surface area contributed by atoms with Crippen molar-refractivity contribution in [3.05, 3.63) is 70.8 Å². The van der Waals surface area contributed by atoms with Crippen molar-refractivity contribution in [1.29, 1.82) is 0 Å². The fourth-order valence-electron chi connectivity index (χ4n) is 3.61. The first-order chi connectivity index (χ1) is 14.2. The summed E-state index contributed by atoms with van der Waals surface area (Å²) in [6.07, 6.45) is 4.45. The largest absolute Gasteiger partial charge is 0.472 e. The first kappa shape index (κ1) is 17.4. The lowest BCUT2D eigenvalue weighted by atomic mass is 9.96. The molecule has 0 atom stereocenters. The highest BCUT2D eigenvalue weighted by Crippen LogP contribution is 2.30. The van der Waals surface area contributed by atoms with Crippen LogP contribution in [0.4, 0.5) is 0 Å². The second-order valence-corrected chi connectivity index (χ2v) is 7.01. The van der Waals surface area contributed by atoms with Gasteiger partial charge in [-0.2, -0.15) is 0 Å². The Morgan fingerprint density at radius 1 is 1.07 bits per heavy atom. The number of fused-ring (bicyclic) bond motifs is 1. The summed E-state index contributed by atoms with van der Waals surface area (Å²) in [7, 11) is 0. The van der Waals surface area contributed by atoms with E-state index in [1.807, 2.05) is 12.1 Å². The van der Waals surface area contributed by atoms with Crippen molar-refractivity contribution < 1.29 is 18.0 Å². The van der Waals surface area contributed by atoms with Gasteiger partial charge in [-0.15, -0.1) is 10.2 Å². The van der Waals surface area contributed by atoms with Gasteiger partial charge in [0.15, 0.2) is 0 Å². The number of likely N-dealkylation sites (tertiary alicyclic amines) is 1. The molecule has 5 rings (SSSR count). The minimum absolute atomic E-state index is 0.0576. The van der Waals surface area contributed by atoms with Gasteiger partial charge in [-0.05, 0) is 31.0 Å². The van der Waals surface area contributed by atoms with Gasteiger partial charge in [-0.1, -0.05) is 18.2 Å². The number of para-hydroxylation sites is 1. The third-order valence-corrected chi connectivity index (χ3v) is 5.21. The molecule has 29 heavy (non-hydrogen) atoms. The normalized spacial score (nSPS) is 15.1. The summed E-state index contributed by atoms with van der Waals surface area (Å²) in [5, 5.41) is 8.94. The molecule has 8 nitrogen and oxygen atoms in total. The molecule has 1 aliphatic rings. The second kappa shape index (κ2) is 7.05. The van der Waals surface area contributed by atoms with Gasteiger partial charge in [-0.3, -0.25) is 4.79 Å². The quantitative estimate of drug-likeness (QED) is 0.493. The second-order valence-electron chi connectivity index (χ2n) is 7.01. The maximum Gasteiger partial charge on any atom is 0.349 e. The van der Waals surface area contributed by atoms with Crippen LogP contribution in [0.3, 0.4) is 0 Å². The van der Waals surface area contributed by atoms with E-state index in [0.717, 1.165) is 10.9 Å². The summed E-state index contributed by atoms with van der Waals surface area (Å²) in [6.45, 7) is 0.998. The number of carbonyl (C=O) groups excluding carboxylic acids is 1. The van der Waals surface area contributed by atoms with E-state index in [9.17, 15) is 9.59 Å². The van der Waals surface area contributed by atoms with Gasteiger partial charge in [0.25, 0.3) is 11.8 Å². The summed E-state index contributed by atoms with van der Waals surface area (Å²) in [5.74, 6) is 0.729. The van der Waals surface area contributed by atoms with Crippen LogP contribution >= 0.6 is 0 Å². The first-order valence-corrected chi connectivity index (χ1v) is 9.37. The van der Waals surface area contributed by atoms with Crippen molar-refractivity contribution in [2.24, 2.45) is 0 Å².